The molecule has 2 aromatic carbocycles. The van der Waals surface area contributed by atoms with Crippen LogP contribution in [-0.4, -0.2) is 87.5 Å². The monoisotopic (exact) mass is 610 g/mol. The number of carbonyl (C=O) groups excluding carboxylic acids is 2. The van der Waals surface area contributed by atoms with E-state index < -0.39 is 11.7 Å². The van der Waals surface area contributed by atoms with E-state index in [-0.39, 0.29) is 24.7 Å². The van der Waals surface area contributed by atoms with E-state index in [1.807, 2.05) is 64.1 Å². The maximum absolute atomic E-state index is 13.1. The molecular formula is C34H46N2O8. The van der Waals surface area contributed by atoms with E-state index in [1.165, 1.54) is 0 Å². The zero-order valence-electron chi connectivity index (χ0n) is 27.0. The molecular weight excluding hydrogens is 564 g/mol. The summed E-state index contributed by atoms with van der Waals surface area (Å²) in [5.41, 5.74) is 3.68. The van der Waals surface area contributed by atoms with Gasteiger partial charge < -0.3 is 28.4 Å². The summed E-state index contributed by atoms with van der Waals surface area (Å²) in [6.07, 6.45) is 3.06. The standard InChI is InChI=1S/C34H46N2O8/c1-23-20-30(41-7)28(27-13-15-36(31(23)27)33(38)44-34(2,3)4)22-35-14-12-26(42-18-16-39-5)21-29(35)24-8-10-25(11-9-24)32(37)43-19-17-40-6/h8-11,13,15,20,26,29H,12,14,16-19,21-22H2,1-7H3/t26-,29-/m0/s1. The zero-order chi connectivity index (χ0) is 31.9. The highest BCUT2D eigenvalue weighted by atomic mass is 16.6. The molecule has 1 fully saturated rings. The molecule has 44 heavy (non-hydrogen) atoms. The Morgan fingerprint density at radius 2 is 1.66 bits per heavy atom. The fourth-order valence-corrected chi connectivity index (χ4v) is 5.68. The van der Waals surface area contributed by atoms with Crippen LogP contribution in [0.25, 0.3) is 10.9 Å². The van der Waals surface area contributed by atoms with Crippen molar-refractivity contribution >= 4 is 23.0 Å². The van der Waals surface area contributed by atoms with Crippen LogP contribution < -0.4 is 4.74 Å². The number of rotatable bonds is 12. The topological polar surface area (TPSA) is 97.7 Å². The van der Waals surface area contributed by atoms with Crippen molar-refractivity contribution in [2.45, 2.75) is 64.8 Å². The van der Waals surface area contributed by atoms with Gasteiger partial charge in [-0.1, -0.05) is 12.1 Å². The van der Waals surface area contributed by atoms with Crippen molar-refractivity contribution < 1.29 is 38.0 Å². The molecule has 2 heterocycles. The van der Waals surface area contributed by atoms with Crippen molar-refractivity contribution in [1.29, 1.82) is 0 Å². The van der Waals surface area contributed by atoms with E-state index in [4.69, 9.17) is 28.4 Å². The molecule has 0 N–H and O–H groups in total. The third kappa shape index (κ3) is 8.18. The first-order valence-corrected chi connectivity index (χ1v) is 15.1. The van der Waals surface area contributed by atoms with Crippen LogP contribution in [0.15, 0.2) is 42.6 Å². The molecule has 1 aliphatic heterocycles. The number of nitrogens with zero attached hydrogens (tertiary/aromatic N) is 2. The average Bonchev–Trinajstić information content (AvgIpc) is 3.45. The number of fused-ring (bicyclic) bond motifs is 1. The molecule has 10 nitrogen and oxygen atoms in total. The summed E-state index contributed by atoms with van der Waals surface area (Å²) in [7, 11) is 4.91. The molecule has 0 amide bonds. The average molecular weight is 611 g/mol. The smallest absolute Gasteiger partial charge is 0.419 e. The van der Waals surface area contributed by atoms with Crippen molar-refractivity contribution in [3.05, 3.63) is 64.8 Å². The number of aryl methyl sites for hydroxylation is 1. The Hall–Kier alpha value is -3.44. The number of methoxy groups -OCH3 is 3. The van der Waals surface area contributed by atoms with Crippen LogP contribution in [0.4, 0.5) is 4.79 Å². The minimum Gasteiger partial charge on any atom is -0.496 e. The van der Waals surface area contributed by atoms with Gasteiger partial charge in [0.05, 0.1) is 44.1 Å². The normalized spacial score (nSPS) is 17.5. The summed E-state index contributed by atoms with van der Waals surface area (Å²) < 4.78 is 34.8. The van der Waals surface area contributed by atoms with Gasteiger partial charge in [-0.25, -0.2) is 9.59 Å². The molecule has 240 valence electrons. The van der Waals surface area contributed by atoms with Crippen molar-refractivity contribution in [2.24, 2.45) is 0 Å². The summed E-state index contributed by atoms with van der Waals surface area (Å²) in [5.74, 6) is 0.388. The fourth-order valence-electron chi connectivity index (χ4n) is 5.68. The predicted molar refractivity (Wildman–Crippen MR) is 167 cm³/mol. The molecule has 0 radical (unpaired) electrons. The largest absolute Gasteiger partial charge is 0.496 e. The molecule has 3 aromatic rings. The maximum Gasteiger partial charge on any atom is 0.419 e. The lowest BCUT2D eigenvalue weighted by molar-refractivity contribution is -0.0349. The second-order valence-electron chi connectivity index (χ2n) is 12.0. The number of piperidine rings is 1. The number of aromatic nitrogens is 1. The first-order valence-electron chi connectivity index (χ1n) is 15.1. The van der Waals surface area contributed by atoms with Crippen LogP contribution >= 0.6 is 0 Å². The van der Waals surface area contributed by atoms with Crippen molar-refractivity contribution in [1.82, 2.24) is 9.47 Å². The number of esters is 1. The van der Waals surface area contributed by atoms with Crippen LogP contribution in [0.5, 0.6) is 5.75 Å². The number of hydrogen-bond acceptors (Lipinski definition) is 9. The zero-order valence-corrected chi connectivity index (χ0v) is 27.0. The Kier molecular flexibility index (Phi) is 11.4. The summed E-state index contributed by atoms with van der Waals surface area (Å²) in [6, 6.07) is 11.6. The number of hydrogen-bond donors (Lipinski definition) is 0. The lowest BCUT2D eigenvalue weighted by Gasteiger charge is -2.40. The maximum atomic E-state index is 13.1. The van der Waals surface area contributed by atoms with Gasteiger partial charge in [0.1, 0.15) is 18.0 Å². The SMILES string of the molecule is COCCOC(=O)c1ccc([C@@H]2C[C@@H](OCCOC)CCN2Cc2c(OC)cc(C)c3c2ccn3C(=O)OC(C)(C)C)cc1. The van der Waals surface area contributed by atoms with Gasteiger partial charge in [-0.15, -0.1) is 0 Å². The Labute approximate surface area is 260 Å². The van der Waals surface area contributed by atoms with Crippen molar-refractivity contribution in [3.8, 4) is 5.75 Å². The number of likely N-dealkylation sites (tertiary alicyclic amines) is 1. The van der Waals surface area contributed by atoms with Gasteiger partial charge in [-0.05, 0) is 75.9 Å². The molecule has 10 heteroatoms. The number of ether oxygens (including phenoxy) is 6. The van der Waals surface area contributed by atoms with E-state index in [9.17, 15) is 9.59 Å². The van der Waals surface area contributed by atoms with Crippen LogP contribution in [0.1, 0.15) is 66.7 Å². The van der Waals surface area contributed by atoms with Gasteiger partial charge in [0.25, 0.3) is 0 Å². The lowest BCUT2D eigenvalue weighted by Crippen LogP contribution is -2.39. The van der Waals surface area contributed by atoms with Crippen molar-refractivity contribution in [2.75, 3.05) is 54.3 Å². The molecule has 1 aliphatic rings. The van der Waals surface area contributed by atoms with Gasteiger partial charge in [0, 0.05) is 50.5 Å². The van der Waals surface area contributed by atoms with E-state index in [0.29, 0.717) is 31.9 Å². The predicted octanol–water partition coefficient (Wildman–Crippen LogP) is 5.91. The van der Waals surface area contributed by atoms with Crippen LogP contribution in [-0.2, 0) is 30.2 Å². The van der Waals surface area contributed by atoms with Gasteiger partial charge >= 0.3 is 12.1 Å². The molecule has 0 aliphatic carbocycles. The second kappa shape index (κ2) is 15.0. The Morgan fingerprint density at radius 1 is 0.955 bits per heavy atom. The third-order valence-electron chi connectivity index (χ3n) is 7.76. The van der Waals surface area contributed by atoms with E-state index in [0.717, 1.165) is 52.7 Å². The molecule has 0 saturated carbocycles. The second-order valence-corrected chi connectivity index (χ2v) is 12.0. The van der Waals surface area contributed by atoms with Gasteiger partial charge in [-0.2, -0.15) is 0 Å². The summed E-state index contributed by atoms with van der Waals surface area (Å²) in [4.78, 5) is 28.0. The van der Waals surface area contributed by atoms with Gasteiger partial charge in [0.2, 0.25) is 0 Å². The fraction of sp³-hybridized carbons (Fsp3) is 0.529. The van der Waals surface area contributed by atoms with Gasteiger partial charge in [0.15, 0.2) is 0 Å². The highest BCUT2D eigenvalue weighted by molar-refractivity contribution is 5.95. The highest BCUT2D eigenvalue weighted by Crippen LogP contribution is 2.38. The van der Waals surface area contributed by atoms with Crippen LogP contribution in [0.2, 0.25) is 0 Å². The molecule has 1 aromatic heterocycles. The Balaban J connectivity index is 1.66. The minimum atomic E-state index is -0.615. The minimum absolute atomic E-state index is 0.0175. The van der Waals surface area contributed by atoms with Gasteiger partial charge in [-0.3, -0.25) is 9.47 Å². The first kappa shape index (κ1) is 33.5. The third-order valence-corrected chi connectivity index (χ3v) is 7.76. The van der Waals surface area contributed by atoms with Crippen LogP contribution in [0, 0.1) is 6.92 Å². The summed E-state index contributed by atoms with van der Waals surface area (Å²) >= 11 is 0. The van der Waals surface area contributed by atoms with E-state index in [1.54, 1.807) is 32.1 Å². The summed E-state index contributed by atoms with van der Waals surface area (Å²) in [6.45, 7) is 10.6. The number of benzene rings is 2. The molecule has 0 spiro atoms. The molecule has 0 bridgehead atoms. The highest BCUT2D eigenvalue weighted by Gasteiger charge is 2.32. The molecule has 2 atom stereocenters. The molecule has 1 saturated heterocycles. The Morgan fingerprint density at radius 3 is 2.32 bits per heavy atom. The lowest BCUT2D eigenvalue weighted by atomic mass is 9.91. The molecule has 0 unspecified atom stereocenters. The quantitative estimate of drug-likeness (QED) is 0.183. The van der Waals surface area contributed by atoms with Crippen LogP contribution in [0.3, 0.4) is 0 Å². The van der Waals surface area contributed by atoms with E-state index in [2.05, 4.69) is 4.90 Å². The first-order chi connectivity index (χ1) is 21.1. The van der Waals surface area contributed by atoms with Crippen molar-refractivity contribution in [3.63, 3.8) is 0 Å². The Bertz CT molecular complexity index is 1410. The van der Waals surface area contributed by atoms with E-state index >= 15 is 0 Å². The summed E-state index contributed by atoms with van der Waals surface area (Å²) in [5, 5.41) is 0.944. The number of carbonyl (C=O) groups is 2. The molecule has 4 rings (SSSR count).